The van der Waals surface area contributed by atoms with Crippen molar-refractivity contribution in [3.8, 4) is 23.1 Å². The quantitative estimate of drug-likeness (QED) is 0.449. The molecule has 32 heavy (non-hydrogen) atoms. The molecule has 1 aliphatic carbocycles. The third kappa shape index (κ3) is 4.33. The van der Waals surface area contributed by atoms with Crippen molar-refractivity contribution < 1.29 is 8.73 Å². The molecule has 4 aromatic rings. The lowest BCUT2D eigenvalue weighted by molar-refractivity contribution is 0.431. The molecule has 5 rings (SSSR count). The van der Waals surface area contributed by atoms with Gasteiger partial charge in [0.25, 0.3) is 5.89 Å². The van der Waals surface area contributed by atoms with Crippen molar-refractivity contribution in [2.45, 2.75) is 17.9 Å². The van der Waals surface area contributed by atoms with Gasteiger partial charge in [-0.25, -0.2) is 4.98 Å². The lowest BCUT2D eigenvalue weighted by Crippen LogP contribution is -2.15. The molecule has 10 nitrogen and oxygen atoms in total. The Morgan fingerprint density at radius 2 is 1.88 bits per heavy atom. The molecule has 0 amide bonds. The van der Waals surface area contributed by atoms with E-state index in [1.165, 1.54) is 0 Å². The fourth-order valence-electron chi connectivity index (χ4n) is 3.05. The van der Waals surface area contributed by atoms with E-state index in [0.29, 0.717) is 28.2 Å². The minimum absolute atomic E-state index is 0.0447. The van der Waals surface area contributed by atoms with E-state index in [0.717, 1.165) is 18.5 Å². The summed E-state index contributed by atoms with van der Waals surface area (Å²) < 4.78 is 17.7. The Morgan fingerprint density at radius 3 is 2.59 bits per heavy atom. The Hall–Kier alpha value is -3.73. The summed E-state index contributed by atoms with van der Waals surface area (Å²) >= 11 is 0. The zero-order valence-corrected chi connectivity index (χ0v) is 18.1. The first-order valence-corrected chi connectivity index (χ1v) is 11.4. The highest BCUT2D eigenvalue weighted by molar-refractivity contribution is 7.85. The van der Waals surface area contributed by atoms with Crippen LogP contribution >= 0.6 is 0 Å². The number of benzene rings is 1. The zero-order chi connectivity index (χ0) is 22.1. The zero-order valence-electron chi connectivity index (χ0n) is 17.3. The maximum Gasteiger partial charge on any atom is 0.259 e. The third-order valence-corrected chi connectivity index (χ3v) is 6.49. The average Bonchev–Trinajstić information content (AvgIpc) is 3.50. The molecule has 2 N–H and O–H groups in total. The van der Waals surface area contributed by atoms with Crippen molar-refractivity contribution in [1.82, 2.24) is 30.1 Å². The molecule has 3 aromatic heterocycles. The molecular formula is C21H20N8O2S. The molecule has 1 saturated carbocycles. The van der Waals surface area contributed by atoms with Crippen LogP contribution in [0.25, 0.3) is 23.1 Å². The highest BCUT2D eigenvalue weighted by Crippen LogP contribution is 2.31. The molecule has 1 unspecified atom stereocenters. The topological polar surface area (TPSA) is 137 Å². The van der Waals surface area contributed by atoms with E-state index in [2.05, 4.69) is 30.1 Å². The van der Waals surface area contributed by atoms with Crippen LogP contribution in [0.3, 0.4) is 0 Å². The molecule has 0 radical (unpaired) electrons. The van der Waals surface area contributed by atoms with Gasteiger partial charge in [-0.15, -0.1) is 0 Å². The van der Waals surface area contributed by atoms with Crippen LogP contribution in [0.5, 0.6) is 0 Å². The predicted octanol–water partition coefficient (Wildman–Crippen LogP) is 2.85. The second-order valence-electron chi connectivity index (χ2n) is 7.48. The second kappa shape index (κ2) is 8.42. The van der Waals surface area contributed by atoms with Crippen molar-refractivity contribution >= 4 is 28.4 Å². The summed E-state index contributed by atoms with van der Waals surface area (Å²) in [4.78, 5) is 23.3. The molecule has 1 fully saturated rings. The number of para-hydroxylation sites is 1. The summed E-state index contributed by atoms with van der Waals surface area (Å²) in [6.45, 7) is 0. The molecule has 162 valence electrons. The van der Waals surface area contributed by atoms with E-state index in [-0.39, 0.29) is 23.5 Å². The number of hydrogen-bond donors (Lipinski definition) is 1. The van der Waals surface area contributed by atoms with Crippen LogP contribution in [-0.2, 0) is 10.8 Å². The van der Waals surface area contributed by atoms with E-state index in [1.807, 2.05) is 37.4 Å². The van der Waals surface area contributed by atoms with Crippen LogP contribution < -0.4 is 10.6 Å². The van der Waals surface area contributed by atoms with E-state index < -0.39 is 10.8 Å². The van der Waals surface area contributed by atoms with Crippen LogP contribution in [0.15, 0.2) is 58.2 Å². The Bertz CT molecular complexity index is 1260. The van der Waals surface area contributed by atoms with Crippen LogP contribution in [0.1, 0.15) is 12.8 Å². The number of aromatic nitrogens is 6. The summed E-state index contributed by atoms with van der Waals surface area (Å²) in [6.07, 6.45) is 3.88. The highest BCUT2D eigenvalue weighted by Gasteiger charge is 2.25. The summed E-state index contributed by atoms with van der Waals surface area (Å²) in [5.74, 6) is 2.26. The number of nitrogen functional groups attached to an aromatic ring is 1. The first kappa shape index (κ1) is 20.2. The minimum atomic E-state index is -1.09. The van der Waals surface area contributed by atoms with Gasteiger partial charge in [0.2, 0.25) is 23.5 Å². The molecule has 0 aliphatic heterocycles. The van der Waals surface area contributed by atoms with E-state index >= 15 is 0 Å². The van der Waals surface area contributed by atoms with Gasteiger partial charge >= 0.3 is 0 Å². The summed E-state index contributed by atoms with van der Waals surface area (Å²) in [7, 11) is 0.740. The average molecular weight is 449 g/mol. The van der Waals surface area contributed by atoms with Gasteiger partial charge in [-0.3, -0.25) is 4.21 Å². The van der Waals surface area contributed by atoms with Gasteiger partial charge in [0.1, 0.15) is 5.03 Å². The number of nitrogens with zero attached hydrogens (tertiary/aromatic N) is 7. The van der Waals surface area contributed by atoms with Crippen LogP contribution in [-0.4, -0.2) is 47.1 Å². The smallest absolute Gasteiger partial charge is 0.259 e. The highest BCUT2D eigenvalue weighted by atomic mass is 32.2. The van der Waals surface area contributed by atoms with Gasteiger partial charge < -0.3 is 15.2 Å². The molecule has 1 aliphatic rings. The Kier molecular flexibility index (Phi) is 5.31. The van der Waals surface area contributed by atoms with Gasteiger partial charge in [0, 0.05) is 24.7 Å². The molecule has 0 spiro atoms. The first-order valence-electron chi connectivity index (χ1n) is 10.1. The van der Waals surface area contributed by atoms with Crippen LogP contribution in [0.2, 0.25) is 0 Å². The normalized spacial score (nSPS) is 14.3. The van der Waals surface area contributed by atoms with Crippen molar-refractivity contribution in [2.75, 3.05) is 23.4 Å². The minimum Gasteiger partial charge on any atom is -0.368 e. The second-order valence-corrected chi connectivity index (χ2v) is 8.92. The van der Waals surface area contributed by atoms with E-state index in [4.69, 9.17) is 10.3 Å². The standard InChI is InChI=1S/C21H20N8O2S/c1-29(15-5-3-2-4-6-15)21-26-17(25-20(22)27-21)18-24-19(31-28-18)14-9-10-16(23-11-14)32(30)12-13-7-8-13/h2-6,9-11,13H,7-8,12H2,1H3,(H2,22,25,26,27). The van der Waals surface area contributed by atoms with Crippen molar-refractivity contribution in [1.29, 1.82) is 0 Å². The van der Waals surface area contributed by atoms with E-state index in [1.54, 1.807) is 23.2 Å². The molecule has 0 bridgehead atoms. The lowest BCUT2D eigenvalue weighted by atomic mass is 10.3. The third-order valence-electron chi connectivity index (χ3n) is 5.01. The van der Waals surface area contributed by atoms with Gasteiger partial charge in [0.15, 0.2) is 0 Å². The summed E-state index contributed by atoms with van der Waals surface area (Å²) in [5, 5.41) is 4.54. The summed E-state index contributed by atoms with van der Waals surface area (Å²) in [6, 6.07) is 13.1. The van der Waals surface area contributed by atoms with Crippen LogP contribution in [0, 0.1) is 5.92 Å². The fourth-order valence-corrected chi connectivity index (χ4v) is 4.38. The molecular weight excluding hydrogens is 428 g/mol. The number of hydrogen-bond acceptors (Lipinski definition) is 10. The van der Waals surface area contributed by atoms with Gasteiger partial charge in [-0.2, -0.15) is 19.9 Å². The number of pyridine rings is 1. The number of nitrogens with two attached hydrogens (primary N) is 1. The Morgan fingerprint density at radius 1 is 1.06 bits per heavy atom. The lowest BCUT2D eigenvalue weighted by Gasteiger charge is -2.17. The maximum absolute atomic E-state index is 12.3. The SMILES string of the molecule is CN(c1ccccc1)c1nc(N)nc(-c2noc(-c3ccc(S(=O)CC4CC4)nc3)n2)n1. The van der Waals surface area contributed by atoms with Crippen molar-refractivity contribution in [3.05, 3.63) is 48.7 Å². The monoisotopic (exact) mass is 448 g/mol. The molecule has 0 saturated heterocycles. The molecule has 11 heteroatoms. The largest absolute Gasteiger partial charge is 0.368 e. The Balaban J connectivity index is 1.38. The first-order chi connectivity index (χ1) is 15.6. The van der Waals surface area contributed by atoms with Gasteiger partial charge in [-0.1, -0.05) is 23.4 Å². The van der Waals surface area contributed by atoms with Crippen molar-refractivity contribution in [3.63, 3.8) is 0 Å². The number of rotatable bonds is 7. The summed E-state index contributed by atoms with van der Waals surface area (Å²) in [5.41, 5.74) is 7.40. The van der Waals surface area contributed by atoms with Crippen molar-refractivity contribution in [2.24, 2.45) is 5.92 Å². The Labute approximate surface area is 186 Å². The molecule has 1 aromatic carbocycles. The maximum atomic E-state index is 12.3. The molecule has 1 atom stereocenters. The van der Waals surface area contributed by atoms with Gasteiger partial charge in [-0.05, 0) is 43.0 Å². The van der Waals surface area contributed by atoms with E-state index in [9.17, 15) is 4.21 Å². The number of anilines is 3. The predicted molar refractivity (Wildman–Crippen MR) is 119 cm³/mol. The van der Waals surface area contributed by atoms with Crippen LogP contribution in [0.4, 0.5) is 17.6 Å². The fraction of sp³-hybridized carbons (Fsp3) is 0.238. The molecule has 3 heterocycles. The van der Waals surface area contributed by atoms with Gasteiger partial charge in [0.05, 0.1) is 16.4 Å².